The zero-order valence-corrected chi connectivity index (χ0v) is 17.8. The average molecular weight is 428 g/mol. The van der Waals surface area contributed by atoms with Gasteiger partial charge in [0.15, 0.2) is 5.01 Å². The van der Waals surface area contributed by atoms with Crippen molar-refractivity contribution < 1.29 is 4.74 Å². The lowest BCUT2D eigenvalue weighted by Gasteiger charge is -2.12. The SMILES string of the molecule is CSc1nc(N)n(-c2nnc(-c3ccccc3OCCCN(C)C)s2)n1.Cl. The zero-order chi connectivity index (χ0) is 18.5. The number of nitrogen functional groups attached to an aromatic ring is 1. The number of thioether (sulfide) groups is 1. The van der Waals surface area contributed by atoms with Crippen LogP contribution >= 0.6 is 35.5 Å². The number of halogens is 1. The monoisotopic (exact) mass is 427 g/mol. The summed E-state index contributed by atoms with van der Waals surface area (Å²) in [7, 11) is 4.10. The zero-order valence-electron chi connectivity index (χ0n) is 15.3. The molecule has 27 heavy (non-hydrogen) atoms. The molecule has 0 saturated carbocycles. The highest BCUT2D eigenvalue weighted by Crippen LogP contribution is 2.33. The van der Waals surface area contributed by atoms with Crippen LogP contribution in [0.15, 0.2) is 29.4 Å². The number of nitrogens with two attached hydrogens (primary N) is 1. The van der Waals surface area contributed by atoms with Gasteiger partial charge in [0.05, 0.1) is 12.2 Å². The highest BCUT2D eigenvalue weighted by molar-refractivity contribution is 7.98. The predicted octanol–water partition coefficient (Wildman–Crippen LogP) is 2.84. The van der Waals surface area contributed by atoms with Gasteiger partial charge in [0.1, 0.15) is 5.75 Å². The van der Waals surface area contributed by atoms with Gasteiger partial charge < -0.3 is 15.4 Å². The molecule has 11 heteroatoms. The quantitative estimate of drug-likeness (QED) is 0.433. The van der Waals surface area contributed by atoms with E-state index in [0.717, 1.165) is 29.3 Å². The number of hydrogen-bond acceptors (Lipinski definition) is 9. The van der Waals surface area contributed by atoms with Gasteiger partial charge in [0.25, 0.3) is 0 Å². The maximum Gasteiger partial charge on any atom is 0.236 e. The van der Waals surface area contributed by atoms with Crippen molar-refractivity contribution in [3.63, 3.8) is 0 Å². The van der Waals surface area contributed by atoms with Crippen LogP contribution in [-0.4, -0.2) is 63.4 Å². The van der Waals surface area contributed by atoms with Crippen LogP contribution < -0.4 is 10.5 Å². The molecule has 0 aliphatic carbocycles. The highest BCUT2D eigenvalue weighted by atomic mass is 35.5. The van der Waals surface area contributed by atoms with Crippen LogP contribution in [0.4, 0.5) is 5.95 Å². The topological polar surface area (TPSA) is 95.0 Å². The van der Waals surface area contributed by atoms with Gasteiger partial charge in [-0.15, -0.1) is 27.7 Å². The van der Waals surface area contributed by atoms with Crippen molar-refractivity contribution in [1.82, 2.24) is 29.9 Å². The fourth-order valence-electron chi connectivity index (χ4n) is 2.27. The van der Waals surface area contributed by atoms with Crippen molar-refractivity contribution in [3.05, 3.63) is 24.3 Å². The first-order valence-corrected chi connectivity index (χ1v) is 10.1. The van der Waals surface area contributed by atoms with E-state index in [4.69, 9.17) is 10.5 Å². The van der Waals surface area contributed by atoms with Crippen LogP contribution in [0.1, 0.15) is 6.42 Å². The Kier molecular flexibility index (Phi) is 7.84. The van der Waals surface area contributed by atoms with Crippen LogP contribution in [-0.2, 0) is 0 Å². The van der Waals surface area contributed by atoms with Gasteiger partial charge in [0, 0.05) is 6.54 Å². The molecular formula is C16H22ClN7OS2. The summed E-state index contributed by atoms with van der Waals surface area (Å²) in [4.78, 5) is 6.31. The molecule has 2 heterocycles. The number of hydrogen-bond donors (Lipinski definition) is 1. The van der Waals surface area contributed by atoms with E-state index in [0.29, 0.717) is 22.8 Å². The van der Waals surface area contributed by atoms with Crippen LogP contribution in [0.5, 0.6) is 5.75 Å². The lowest BCUT2D eigenvalue weighted by Crippen LogP contribution is -2.15. The Hall–Kier alpha value is -1.88. The van der Waals surface area contributed by atoms with Gasteiger partial charge in [-0.2, -0.15) is 9.67 Å². The summed E-state index contributed by atoms with van der Waals surface area (Å²) in [6.07, 6.45) is 2.85. The standard InChI is InChI=1S/C16H21N7OS2.ClH/c1-22(2)9-6-10-24-12-8-5-4-7-11(12)13-19-20-16(26-13)23-14(17)18-15(21-23)25-3;/h4-5,7-8H,6,9-10H2,1-3H3,(H2,17,18,21);1H. The number of benzene rings is 1. The van der Waals surface area contributed by atoms with Gasteiger partial charge in [-0.1, -0.05) is 35.2 Å². The van der Waals surface area contributed by atoms with E-state index in [1.807, 2.05) is 30.5 Å². The third kappa shape index (κ3) is 5.32. The van der Waals surface area contributed by atoms with Crippen LogP contribution in [0, 0.1) is 0 Å². The summed E-state index contributed by atoms with van der Waals surface area (Å²) >= 11 is 2.82. The van der Waals surface area contributed by atoms with E-state index in [1.54, 1.807) is 0 Å². The summed E-state index contributed by atoms with van der Waals surface area (Å²) in [5, 5.41) is 14.7. The number of para-hydroxylation sites is 1. The van der Waals surface area contributed by atoms with Crippen LogP contribution in [0.3, 0.4) is 0 Å². The molecule has 0 aliphatic rings. The third-order valence-corrected chi connectivity index (χ3v) is 4.99. The molecule has 3 aromatic rings. The van der Waals surface area contributed by atoms with E-state index in [1.165, 1.54) is 27.8 Å². The molecule has 0 fully saturated rings. The number of anilines is 1. The Morgan fingerprint density at radius 3 is 2.74 bits per heavy atom. The summed E-state index contributed by atoms with van der Waals surface area (Å²) in [5.74, 6) is 1.09. The fraction of sp³-hybridized carbons (Fsp3) is 0.375. The summed E-state index contributed by atoms with van der Waals surface area (Å²) < 4.78 is 7.46. The van der Waals surface area contributed by atoms with Crippen LogP contribution in [0.25, 0.3) is 15.7 Å². The Balaban J connectivity index is 0.00000261. The molecule has 0 unspecified atom stereocenters. The van der Waals surface area contributed by atoms with E-state index in [9.17, 15) is 0 Å². The number of aromatic nitrogens is 5. The molecule has 2 aromatic heterocycles. The lowest BCUT2D eigenvalue weighted by molar-refractivity contribution is 0.282. The summed E-state index contributed by atoms with van der Waals surface area (Å²) in [5.41, 5.74) is 6.83. The van der Waals surface area contributed by atoms with Crippen molar-refractivity contribution >= 4 is 41.5 Å². The first-order chi connectivity index (χ1) is 12.6. The second-order valence-corrected chi connectivity index (χ2v) is 7.49. The second kappa shape index (κ2) is 9.88. The Morgan fingerprint density at radius 1 is 1.26 bits per heavy atom. The molecule has 0 saturated heterocycles. The van der Waals surface area contributed by atoms with Crippen molar-refractivity contribution in [3.8, 4) is 21.5 Å². The molecule has 0 atom stereocenters. The molecule has 0 aliphatic heterocycles. The van der Waals surface area contributed by atoms with Crippen molar-refractivity contribution in [2.24, 2.45) is 0 Å². The predicted molar refractivity (Wildman–Crippen MR) is 112 cm³/mol. The smallest absolute Gasteiger partial charge is 0.236 e. The van der Waals surface area contributed by atoms with Crippen molar-refractivity contribution in [2.45, 2.75) is 11.6 Å². The Bertz CT molecular complexity index is 868. The molecule has 0 amide bonds. The molecule has 0 radical (unpaired) electrons. The maximum absolute atomic E-state index is 5.95. The number of nitrogens with zero attached hydrogens (tertiary/aromatic N) is 6. The average Bonchev–Trinajstić information content (AvgIpc) is 3.25. The van der Waals surface area contributed by atoms with E-state index >= 15 is 0 Å². The molecule has 0 bridgehead atoms. The second-order valence-electron chi connectivity index (χ2n) is 5.76. The highest BCUT2D eigenvalue weighted by Gasteiger charge is 2.16. The van der Waals surface area contributed by atoms with Gasteiger partial charge in [-0.25, -0.2) is 0 Å². The lowest BCUT2D eigenvalue weighted by atomic mass is 10.2. The van der Waals surface area contributed by atoms with E-state index in [-0.39, 0.29) is 12.4 Å². The van der Waals surface area contributed by atoms with Crippen LogP contribution in [0.2, 0.25) is 0 Å². The molecule has 146 valence electrons. The third-order valence-electron chi connectivity index (χ3n) is 3.52. The Morgan fingerprint density at radius 2 is 2.04 bits per heavy atom. The molecular weight excluding hydrogens is 406 g/mol. The van der Waals surface area contributed by atoms with Gasteiger partial charge >= 0.3 is 0 Å². The fourth-order valence-corrected chi connectivity index (χ4v) is 3.46. The normalized spacial score (nSPS) is 10.8. The minimum absolute atomic E-state index is 0. The first kappa shape index (κ1) is 21.4. The molecule has 2 N–H and O–H groups in total. The van der Waals surface area contributed by atoms with Crippen molar-refractivity contribution in [1.29, 1.82) is 0 Å². The minimum Gasteiger partial charge on any atom is -0.493 e. The largest absolute Gasteiger partial charge is 0.493 e. The van der Waals surface area contributed by atoms with Gasteiger partial charge in [-0.3, -0.25) is 0 Å². The number of rotatable bonds is 8. The maximum atomic E-state index is 5.95. The first-order valence-electron chi connectivity index (χ1n) is 8.06. The van der Waals surface area contributed by atoms with Gasteiger partial charge in [-0.05, 0) is 38.9 Å². The molecule has 1 aromatic carbocycles. The molecule has 3 rings (SSSR count). The summed E-state index contributed by atoms with van der Waals surface area (Å²) in [6.45, 7) is 1.63. The summed E-state index contributed by atoms with van der Waals surface area (Å²) in [6, 6.07) is 7.83. The van der Waals surface area contributed by atoms with E-state index in [2.05, 4.69) is 39.3 Å². The Labute approximate surface area is 172 Å². The van der Waals surface area contributed by atoms with Gasteiger partial charge in [0.2, 0.25) is 16.2 Å². The van der Waals surface area contributed by atoms with E-state index < -0.39 is 0 Å². The molecule has 8 nitrogen and oxygen atoms in total. The van der Waals surface area contributed by atoms with Crippen molar-refractivity contribution in [2.75, 3.05) is 39.2 Å². The molecule has 0 spiro atoms. The minimum atomic E-state index is 0. The number of ether oxygens (including phenoxy) is 1.